The molecule has 1 aliphatic rings. The van der Waals surface area contributed by atoms with Gasteiger partial charge in [0.2, 0.25) is 0 Å². The lowest BCUT2D eigenvalue weighted by molar-refractivity contribution is -0.148. The summed E-state index contributed by atoms with van der Waals surface area (Å²) in [5, 5.41) is 0. The zero-order valence-corrected chi connectivity index (χ0v) is 16.6. The van der Waals surface area contributed by atoms with Gasteiger partial charge in [-0.1, -0.05) is 6.92 Å². The van der Waals surface area contributed by atoms with E-state index < -0.39 is 5.97 Å². The molecule has 0 atom stereocenters. The highest BCUT2D eigenvalue weighted by Crippen LogP contribution is 2.26. The maximum absolute atomic E-state index is 12.3. The lowest BCUT2D eigenvalue weighted by Crippen LogP contribution is -2.41. The van der Waals surface area contributed by atoms with Crippen molar-refractivity contribution < 1.29 is 23.8 Å². The maximum atomic E-state index is 12.3. The molecule has 0 radical (unpaired) electrons. The second-order valence-corrected chi connectivity index (χ2v) is 7.01. The number of hydrogen-bond acceptors (Lipinski definition) is 5. The normalized spacial score (nSPS) is 19.6. The molecule has 0 spiro atoms. The lowest BCUT2D eigenvalue weighted by atomic mass is 9.87. The molecule has 2 rings (SSSR count). The fourth-order valence-electron chi connectivity index (χ4n) is 3.21. The van der Waals surface area contributed by atoms with Crippen LogP contribution in [0.4, 0.5) is 0 Å². The van der Waals surface area contributed by atoms with Crippen molar-refractivity contribution >= 4 is 18.0 Å². The third-order valence-electron chi connectivity index (χ3n) is 5.05. The molecule has 6 heteroatoms. The van der Waals surface area contributed by atoms with E-state index >= 15 is 0 Å². The van der Waals surface area contributed by atoms with Gasteiger partial charge in [-0.15, -0.1) is 0 Å². The first-order chi connectivity index (χ1) is 12.9. The van der Waals surface area contributed by atoms with E-state index in [-0.39, 0.29) is 18.6 Å². The summed E-state index contributed by atoms with van der Waals surface area (Å²) in [4.78, 5) is 25.9. The monoisotopic (exact) mass is 375 g/mol. The molecular weight excluding hydrogens is 346 g/mol. The fourth-order valence-corrected chi connectivity index (χ4v) is 3.21. The standard InChI is InChI=1S/C21H29NO5/c1-15-5-8-17(9-6-15)22(2)20(23)14-27-21(24)10-7-16-11-18(25-3)13-19(12-16)26-4/h7,10-13,15,17H,5-6,8-9,14H2,1-4H3/b10-7+. The Morgan fingerprint density at radius 2 is 1.67 bits per heavy atom. The number of nitrogens with zero attached hydrogens (tertiary/aromatic N) is 1. The van der Waals surface area contributed by atoms with Crippen molar-refractivity contribution in [2.75, 3.05) is 27.9 Å². The lowest BCUT2D eigenvalue weighted by Gasteiger charge is -2.33. The van der Waals surface area contributed by atoms with Crippen molar-refractivity contribution in [3.05, 3.63) is 29.8 Å². The third-order valence-corrected chi connectivity index (χ3v) is 5.05. The fraction of sp³-hybridized carbons (Fsp3) is 0.524. The first kappa shape index (κ1) is 20.8. The Balaban J connectivity index is 1.85. The summed E-state index contributed by atoms with van der Waals surface area (Å²) in [6.45, 7) is 2.00. The minimum absolute atomic E-state index is 0.167. The number of hydrogen-bond donors (Lipinski definition) is 0. The van der Waals surface area contributed by atoms with Crippen molar-refractivity contribution in [3.63, 3.8) is 0 Å². The molecule has 0 heterocycles. The van der Waals surface area contributed by atoms with Gasteiger partial charge in [-0.25, -0.2) is 4.79 Å². The van der Waals surface area contributed by atoms with Gasteiger partial charge in [-0.3, -0.25) is 4.79 Å². The highest BCUT2D eigenvalue weighted by molar-refractivity contribution is 5.89. The number of ether oxygens (including phenoxy) is 3. The Morgan fingerprint density at radius 3 is 2.22 bits per heavy atom. The second-order valence-electron chi connectivity index (χ2n) is 7.01. The molecule has 1 fully saturated rings. The highest BCUT2D eigenvalue weighted by atomic mass is 16.5. The summed E-state index contributed by atoms with van der Waals surface area (Å²) in [5.74, 6) is 1.25. The molecule has 1 aromatic rings. The summed E-state index contributed by atoms with van der Waals surface area (Å²) in [7, 11) is 4.91. The molecule has 27 heavy (non-hydrogen) atoms. The van der Waals surface area contributed by atoms with E-state index in [0.717, 1.165) is 37.2 Å². The Morgan fingerprint density at radius 1 is 1.07 bits per heavy atom. The van der Waals surface area contributed by atoms with Crippen LogP contribution in [0.5, 0.6) is 11.5 Å². The van der Waals surface area contributed by atoms with E-state index in [2.05, 4.69) is 6.92 Å². The molecule has 0 N–H and O–H groups in total. The summed E-state index contributed by atoms with van der Waals surface area (Å²) < 4.78 is 15.5. The third kappa shape index (κ3) is 6.31. The average Bonchev–Trinajstić information content (AvgIpc) is 2.70. The smallest absolute Gasteiger partial charge is 0.331 e. The first-order valence-electron chi connectivity index (χ1n) is 9.26. The van der Waals surface area contributed by atoms with Gasteiger partial charge < -0.3 is 19.1 Å². The molecule has 1 saturated carbocycles. The van der Waals surface area contributed by atoms with Gasteiger partial charge >= 0.3 is 5.97 Å². The van der Waals surface area contributed by atoms with Crippen LogP contribution < -0.4 is 9.47 Å². The molecule has 1 aliphatic carbocycles. The Bertz CT molecular complexity index is 655. The second kappa shape index (κ2) is 10.00. The van der Waals surface area contributed by atoms with Gasteiger partial charge in [0.1, 0.15) is 11.5 Å². The van der Waals surface area contributed by atoms with Gasteiger partial charge in [0.05, 0.1) is 14.2 Å². The molecule has 148 valence electrons. The highest BCUT2D eigenvalue weighted by Gasteiger charge is 2.25. The van der Waals surface area contributed by atoms with Crippen molar-refractivity contribution in [2.24, 2.45) is 5.92 Å². The summed E-state index contributed by atoms with van der Waals surface area (Å²) in [5.41, 5.74) is 0.739. The van der Waals surface area contributed by atoms with Crippen LogP contribution >= 0.6 is 0 Å². The van der Waals surface area contributed by atoms with Crippen molar-refractivity contribution in [2.45, 2.75) is 38.6 Å². The van der Waals surface area contributed by atoms with Crippen molar-refractivity contribution in [1.29, 1.82) is 0 Å². The van der Waals surface area contributed by atoms with E-state index in [4.69, 9.17) is 14.2 Å². The van der Waals surface area contributed by atoms with Gasteiger partial charge in [0.15, 0.2) is 6.61 Å². The number of amides is 1. The molecule has 0 saturated heterocycles. The van der Waals surface area contributed by atoms with Crippen LogP contribution in [0.25, 0.3) is 6.08 Å². The molecule has 0 bridgehead atoms. The van der Waals surface area contributed by atoms with E-state index in [1.165, 1.54) is 6.08 Å². The SMILES string of the molecule is COc1cc(/C=C/C(=O)OCC(=O)N(C)C2CCC(C)CC2)cc(OC)c1. The van der Waals surface area contributed by atoms with Crippen LogP contribution in [0, 0.1) is 5.92 Å². The van der Waals surface area contributed by atoms with E-state index in [9.17, 15) is 9.59 Å². The van der Waals surface area contributed by atoms with Crippen LogP contribution in [0.1, 0.15) is 38.2 Å². The number of benzene rings is 1. The van der Waals surface area contributed by atoms with E-state index in [0.29, 0.717) is 11.5 Å². The number of carbonyl (C=O) groups is 2. The average molecular weight is 375 g/mol. The molecule has 6 nitrogen and oxygen atoms in total. The van der Waals surface area contributed by atoms with Crippen LogP contribution in [0.15, 0.2) is 24.3 Å². The predicted octanol–water partition coefficient (Wildman–Crippen LogP) is 3.30. The van der Waals surface area contributed by atoms with Crippen molar-refractivity contribution in [3.8, 4) is 11.5 Å². The predicted molar refractivity (Wildman–Crippen MR) is 104 cm³/mol. The first-order valence-corrected chi connectivity index (χ1v) is 9.26. The maximum Gasteiger partial charge on any atom is 0.331 e. The summed E-state index contributed by atoms with van der Waals surface area (Å²) in [6, 6.07) is 5.54. The van der Waals surface area contributed by atoms with Crippen LogP contribution in [-0.2, 0) is 14.3 Å². The Kier molecular flexibility index (Phi) is 7.70. The quantitative estimate of drug-likeness (QED) is 0.540. The minimum atomic E-state index is -0.559. The molecule has 0 unspecified atom stereocenters. The topological polar surface area (TPSA) is 65.1 Å². The van der Waals surface area contributed by atoms with Gasteiger partial charge in [0, 0.05) is 25.2 Å². The van der Waals surface area contributed by atoms with Crippen LogP contribution in [0.2, 0.25) is 0 Å². The largest absolute Gasteiger partial charge is 0.497 e. The zero-order chi connectivity index (χ0) is 19.8. The number of likely N-dealkylation sites (N-methyl/N-ethyl adjacent to an activating group) is 1. The number of carbonyl (C=O) groups excluding carboxylic acids is 2. The molecule has 1 aromatic carbocycles. The number of esters is 1. The van der Waals surface area contributed by atoms with E-state index in [1.807, 2.05) is 0 Å². The summed E-state index contributed by atoms with van der Waals surface area (Å²) >= 11 is 0. The van der Waals surface area contributed by atoms with Crippen LogP contribution in [0.3, 0.4) is 0 Å². The van der Waals surface area contributed by atoms with E-state index in [1.54, 1.807) is 50.4 Å². The zero-order valence-electron chi connectivity index (χ0n) is 16.6. The van der Waals surface area contributed by atoms with Gasteiger partial charge in [-0.2, -0.15) is 0 Å². The summed E-state index contributed by atoms with van der Waals surface area (Å²) in [6.07, 6.45) is 7.18. The molecule has 0 aromatic heterocycles. The number of rotatable bonds is 7. The number of methoxy groups -OCH3 is 2. The van der Waals surface area contributed by atoms with Gasteiger partial charge in [0.25, 0.3) is 5.91 Å². The molecule has 0 aliphatic heterocycles. The molecular formula is C21H29NO5. The van der Waals surface area contributed by atoms with Gasteiger partial charge in [-0.05, 0) is 55.4 Å². The van der Waals surface area contributed by atoms with Crippen LogP contribution in [-0.4, -0.2) is 50.7 Å². The minimum Gasteiger partial charge on any atom is -0.497 e. The molecule has 1 amide bonds. The Hall–Kier alpha value is -2.50. The Labute approximate surface area is 161 Å². The van der Waals surface area contributed by atoms with Crippen molar-refractivity contribution in [1.82, 2.24) is 4.90 Å².